The number of imidazole rings is 1. The number of H-pyrrole nitrogens is 1. The molecule has 1 heterocycles. The predicted molar refractivity (Wildman–Crippen MR) is 145 cm³/mol. The Morgan fingerprint density at radius 1 is 0.973 bits per heavy atom. The van der Waals surface area contributed by atoms with Crippen LogP contribution in [0.3, 0.4) is 0 Å². The molecule has 0 radical (unpaired) electrons. The fourth-order valence-electron chi connectivity index (χ4n) is 3.56. The van der Waals surface area contributed by atoms with E-state index in [2.05, 4.69) is 10.3 Å². The monoisotopic (exact) mass is 537 g/mol. The highest BCUT2D eigenvalue weighted by Gasteiger charge is 2.21. The Morgan fingerprint density at radius 2 is 1.57 bits per heavy atom. The lowest BCUT2D eigenvalue weighted by molar-refractivity contribution is -0.115. The van der Waals surface area contributed by atoms with Crippen molar-refractivity contribution in [2.45, 2.75) is 17.3 Å². The Hall–Kier alpha value is -3.95. The van der Waals surface area contributed by atoms with E-state index < -0.39 is 11.2 Å². The second kappa shape index (κ2) is 11.4. The van der Waals surface area contributed by atoms with Gasteiger partial charge in [-0.15, -0.1) is 0 Å². The molecular formula is C27H24ClN3O5S. The van der Waals surface area contributed by atoms with Crippen LogP contribution in [0.2, 0.25) is 5.02 Å². The molecule has 3 aromatic carbocycles. The maximum absolute atomic E-state index is 12.9. The van der Waals surface area contributed by atoms with Gasteiger partial charge in [0, 0.05) is 16.8 Å². The molecule has 4 aromatic rings. The summed E-state index contributed by atoms with van der Waals surface area (Å²) in [6, 6.07) is 19.5. The SMILES string of the molecule is COc1ccc(-c2nc(SC(C)C(=O)Nc3ccc(Cl)c(C(=O)O)c3)[nH]c2-c2ccc(OC)cc2)cc1. The maximum Gasteiger partial charge on any atom is 0.337 e. The quantitative estimate of drug-likeness (QED) is 0.217. The number of thioether (sulfide) groups is 1. The summed E-state index contributed by atoms with van der Waals surface area (Å²) in [6.07, 6.45) is 0. The number of hydrogen-bond acceptors (Lipinski definition) is 6. The number of halogens is 1. The highest BCUT2D eigenvalue weighted by molar-refractivity contribution is 8.00. The summed E-state index contributed by atoms with van der Waals surface area (Å²) in [5.41, 5.74) is 3.58. The first kappa shape index (κ1) is 26.1. The van der Waals surface area contributed by atoms with Crippen LogP contribution in [0.4, 0.5) is 5.69 Å². The third kappa shape index (κ3) is 6.07. The first-order chi connectivity index (χ1) is 17.8. The predicted octanol–water partition coefficient (Wildman–Crippen LogP) is 6.23. The fraction of sp³-hybridized carbons (Fsp3) is 0.148. The van der Waals surface area contributed by atoms with E-state index in [0.29, 0.717) is 10.8 Å². The molecule has 0 aliphatic heterocycles. The van der Waals surface area contributed by atoms with Crippen LogP contribution in [0, 0.1) is 0 Å². The van der Waals surface area contributed by atoms with Gasteiger partial charge in [0.2, 0.25) is 5.91 Å². The number of nitrogens with one attached hydrogen (secondary N) is 2. The van der Waals surface area contributed by atoms with Gasteiger partial charge in [0.05, 0.1) is 41.4 Å². The van der Waals surface area contributed by atoms with Crippen LogP contribution < -0.4 is 14.8 Å². The van der Waals surface area contributed by atoms with Crippen LogP contribution in [0.25, 0.3) is 22.5 Å². The van der Waals surface area contributed by atoms with Gasteiger partial charge >= 0.3 is 5.97 Å². The van der Waals surface area contributed by atoms with Crippen molar-refractivity contribution in [3.05, 3.63) is 77.3 Å². The summed E-state index contributed by atoms with van der Waals surface area (Å²) in [5, 5.41) is 12.1. The number of carboxylic acid groups (broad SMARTS) is 1. The van der Waals surface area contributed by atoms with Crippen molar-refractivity contribution < 1.29 is 24.2 Å². The maximum atomic E-state index is 12.9. The average molecular weight is 538 g/mol. The number of hydrogen-bond donors (Lipinski definition) is 3. The van der Waals surface area contributed by atoms with E-state index in [9.17, 15) is 14.7 Å². The molecule has 0 bridgehead atoms. The first-order valence-electron chi connectivity index (χ1n) is 11.2. The van der Waals surface area contributed by atoms with E-state index in [1.165, 1.54) is 23.9 Å². The summed E-state index contributed by atoms with van der Waals surface area (Å²) in [5.74, 6) is -0.00544. The largest absolute Gasteiger partial charge is 0.497 e. The second-order valence-corrected chi connectivity index (χ2v) is 9.71. The van der Waals surface area contributed by atoms with Gasteiger partial charge in [-0.25, -0.2) is 9.78 Å². The summed E-state index contributed by atoms with van der Waals surface area (Å²) in [6.45, 7) is 1.75. The number of amides is 1. The number of benzene rings is 3. The second-order valence-electron chi connectivity index (χ2n) is 7.97. The number of carboxylic acids is 1. The van der Waals surface area contributed by atoms with Crippen LogP contribution in [-0.2, 0) is 4.79 Å². The lowest BCUT2D eigenvalue weighted by Crippen LogP contribution is -2.22. The number of carbonyl (C=O) groups excluding carboxylic acids is 1. The molecule has 3 N–H and O–H groups in total. The number of rotatable bonds is 9. The summed E-state index contributed by atoms with van der Waals surface area (Å²) < 4.78 is 10.6. The molecule has 4 rings (SSSR count). The molecule has 0 aliphatic carbocycles. The van der Waals surface area contributed by atoms with E-state index in [0.717, 1.165) is 34.0 Å². The van der Waals surface area contributed by atoms with Gasteiger partial charge < -0.3 is 24.9 Å². The molecule has 0 saturated carbocycles. The van der Waals surface area contributed by atoms with Crippen molar-refractivity contribution >= 4 is 40.9 Å². The molecule has 1 unspecified atom stereocenters. The van der Waals surface area contributed by atoms with Crippen molar-refractivity contribution in [3.63, 3.8) is 0 Å². The number of anilines is 1. The van der Waals surface area contributed by atoms with Gasteiger partial charge in [-0.2, -0.15) is 0 Å². The zero-order valence-electron chi connectivity index (χ0n) is 20.2. The Labute approximate surface area is 223 Å². The highest BCUT2D eigenvalue weighted by Crippen LogP contribution is 2.35. The summed E-state index contributed by atoms with van der Waals surface area (Å²) in [4.78, 5) is 32.4. The highest BCUT2D eigenvalue weighted by atomic mass is 35.5. The minimum absolute atomic E-state index is 0.0842. The standard InChI is InChI=1S/C27H24ClN3O5S/c1-15(25(32)29-18-8-13-22(28)21(14-18)26(33)34)37-27-30-23(16-4-9-19(35-2)10-5-16)24(31-27)17-6-11-20(36-3)12-7-17/h4-15H,1-3H3,(H,29,32)(H,30,31)(H,33,34). The summed E-state index contributed by atoms with van der Waals surface area (Å²) >= 11 is 7.18. The molecule has 1 amide bonds. The minimum Gasteiger partial charge on any atom is -0.497 e. The van der Waals surface area contributed by atoms with Crippen molar-refractivity contribution in [2.24, 2.45) is 0 Å². The Balaban J connectivity index is 1.59. The van der Waals surface area contributed by atoms with E-state index >= 15 is 0 Å². The Bertz CT molecular complexity index is 1360. The van der Waals surface area contributed by atoms with Crippen LogP contribution in [0.5, 0.6) is 11.5 Å². The number of ether oxygens (including phenoxy) is 2. The lowest BCUT2D eigenvalue weighted by atomic mass is 10.0. The molecule has 0 saturated heterocycles. The molecule has 8 nitrogen and oxygen atoms in total. The smallest absolute Gasteiger partial charge is 0.337 e. The molecular weight excluding hydrogens is 514 g/mol. The number of methoxy groups -OCH3 is 2. The van der Waals surface area contributed by atoms with Gasteiger partial charge in [0.1, 0.15) is 11.5 Å². The van der Waals surface area contributed by atoms with Gasteiger partial charge in [0.15, 0.2) is 5.16 Å². The van der Waals surface area contributed by atoms with Gasteiger partial charge in [-0.05, 0) is 73.7 Å². The van der Waals surface area contributed by atoms with Crippen molar-refractivity contribution in [1.82, 2.24) is 9.97 Å². The lowest BCUT2D eigenvalue weighted by Gasteiger charge is -2.11. The topological polar surface area (TPSA) is 114 Å². The molecule has 10 heteroatoms. The van der Waals surface area contributed by atoms with Crippen molar-refractivity contribution in [2.75, 3.05) is 19.5 Å². The number of aromatic carboxylic acids is 1. The van der Waals surface area contributed by atoms with Crippen LogP contribution >= 0.6 is 23.4 Å². The molecule has 0 fully saturated rings. The molecule has 1 aromatic heterocycles. The Kier molecular flexibility index (Phi) is 8.05. The van der Waals surface area contributed by atoms with Gasteiger partial charge in [-0.3, -0.25) is 4.79 Å². The molecule has 0 spiro atoms. The summed E-state index contributed by atoms with van der Waals surface area (Å²) in [7, 11) is 3.22. The van der Waals surface area contributed by atoms with Gasteiger partial charge in [-0.1, -0.05) is 23.4 Å². The molecule has 1 atom stereocenters. The average Bonchev–Trinajstić information content (AvgIpc) is 3.33. The first-order valence-corrected chi connectivity index (χ1v) is 12.4. The van der Waals surface area contributed by atoms with Crippen LogP contribution in [0.1, 0.15) is 17.3 Å². The zero-order chi connectivity index (χ0) is 26.5. The van der Waals surface area contributed by atoms with E-state index in [-0.39, 0.29) is 16.5 Å². The third-order valence-electron chi connectivity index (χ3n) is 5.55. The van der Waals surface area contributed by atoms with E-state index in [4.69, 9.17) is 26.1 Å². The van der Waals surface area contributed by atoms with E-state index in [1.807, 2.05) is 48.5 Å². The molecule has 0 aliphatic rings. The Morgan fingerprint density at radius 3 is 2.14 bits per heavy atom. The van der Waals surface area contributed by atoms with Crippen LogP contribution in [0.15, 0.2) is 71.9 Å². The normalized spacial score (nSPS) is 11.6. The molecule has 190 valence electrons. The number of carbonyl (C=O) groups is 2. The van der Waals surface area contributed by atoms with Crippen LogP contribution in [-0.4, -0.2) is 46.4 Å². The third-order valence-corrected chi connectivity index (χ3v) is 6.86. The van der Waals surface area contributed by atoms with Crippen molar-refractivity contribution in [1.29, 1.82) is 0 Å². The fourth-order valence-corrected chi connectivity index (χ4v) is 4.57. The number of aromatic amines is 1. The zero-order valence-corrected chi connectivity index (χ0v) is 21.8. The van der Waals surface area contributed by atoms with Gasteiger partial charge in [0.25, 0.3) is 0 Å². The minimum atomic E-state index is -1.17. The number of nitrogens with zero attached hydrogens (tertiary/aromatic N) is 1. The number of aromatic nitrogens is 2. The molecule has 37 heavy (non-hydrogen) atoms. The van der Waals surface area contributed by atoms with E-state index in [1.54, 1.807) is 27.2 Å². The van der Waals surface area contributed by atoms with Crippen molar-refractivity contribution in [3.8, 4) is 34.0 Å².